The Labute approximate surface area is 228 Å². The van der Waals surface area contributed by atoms with Gasteiger partial charge in [-0.3, -0.25) is 18.6 Å². The van der Waals surface area contributed by atoms with Gasteiger partial charge in [-0.2, -0.15) is 0 Å². The van der Waals surface area contributed by atoms with Crippen molar-refractivity contribution in [2.45, 2.75) is 0 Å². The first-order chi connectivity index (χ1) is 19.4. The summed E-state index contributed by atoms with van der Waals surface area (Å²) in [5, 5.41) is 3.56. The molecule has 0 spiro atoms. The number of aromatic nitrogens is 4. The largest absolute Gasteiger partial charge is 0.283 e. The van der Waals surface area contributed by atoms with E-state index in [1.54, 1.807) is 0 Å². The fourth-order valence-electron chi connectivity index (χ4n) is 5.10. The van der Waals surface area contributed by atoms with Gasteiger partial charge in [0, 0.05) is 28.5 Å². The van der Waals surface area contributed by atoms with Crippen molar-refractivity contribution in [3.63, 3.8) is 0 Å². The van der Waals surface area contributed by atoms with E-state index in [4.69, 9.17) is 4.98 Å². The van der Waals surface area contributed by atoms with Crippen LogP contribution in [0.1, 0.15) is 0 Å². The fourth-order valence-corrected chi connectivity index (χ4v) is 7.57. The van der Waals surface area contributed by atoms with Crippen LogP contribution in [0.15, 0.2) is 152 Å². The van der Waals surface area contributed by atoms with E-state index in [0.717, 1.165) is 28.1 Å². The molecule has 0 atom stereocenters. The number of benzene rings is 4. The highest BCUT2D eigenvalue weighted by molar-refractivity contribution is 7.51. The van der Waals surface area contributed by atoms with Crippen molar-refractivity contribution in [1.82, 2.24) is 18.6 Å². The van der Waals surface area contributed by atoms with Gasteiger partial charge in [0.15, 0.2) is 0 Å². The molecular weight excluding hydrogens is 495 g/mol. The average Bonchev–Trinajstić information content (AvgIpc) is 3.15. The third-order valence-electron chi connectivity index (χ3n) is 6.84. The number of para-hydroxylation sites is 4. The van der Waals surface area contributed by atoms with Crippen molar-refractivity contribution < 1.29 is 0 Å². The summed E-state index contributed by atoms with van der Waals surface area (Å²) >= 11 is 0. The zero-order valence-electron chi connectivity index (χ0n) is 21.2. The van der Waals surface area contributed by atoms with Gasteiger partial charge in [0.25, 0.3) is 0 Å². The minimum absolute atomic E-state index is 0.863. The molecule has 0 aliphatic carbocycles. The smallest absolute Gasteiger partial charge is 0.0886 e. The Morgan fingerprint density at radius 3 is 1.46 bits per heavy atom. The van der Waals surface area contributed by atoms with Crippen LogP contribution >= 0.6 is 7.85 Å². The van der Waals surface area contributed by atoms with Crippen LogP contribution in [0.2, 0.25) is 0 Å². The first-order valence-corrected chi connectivity index (χ1v) is 14.2. The lowest BCUT2D eigenvalue weighted by Gasteiger charge is -2.20. The Hall–Kier alpha value is -4.92. The molecule has 39 heavy (non-hydrogen) atoms. The van der Waals surface area contributed by atoms with Crippen LogP contribution in [0.5, 0.6) is 0 Å². The molecule has 0 amide bonds. The summed E-state index contributed by atoms with van der Waals surface area (Å²) in [4.78, 5) is 9.44. The molecule has 3 heterocycles. The van der Waals surface area contributed by atoms with E-state index in [-0.39, 0.29) is 0 Å². The summed E-state index contributed by atoms with van der Waals surface area (Å²) in [6.45, 7) is 0. The van der Waals surface area contributed by atoms with Gasteiger partial charge in [0.05, 0.1) is 41.6 Å². The van der Waals surface area contributed by atoms with Gasteiger partial charge < -0.3 is 0 Å². The van der Waals surface area contributed by atoms with Crippen LogP contribution < -0.4 is 0 Å². The van der Waals surface area contributed by atoms with Gasteiger partial charge >= 0.3 is 0 Å². The number of nitrogens with zero attached hydrogens (tertiary/aromatic N) is 4. The highest BCUT2D eigenvalue weighted by Gasteiger charge is 2.17. The standard InChI is InChI=1S/C34H25N4P/c1-3-13-26(14-4-1)37-33-20-9-7-17-29(33)30-18-8-10-21-34(30)38(27-15-5-2-6-16-27)39(37)28-22-23-32(36-25-28)31-19-11-12-24-35-31/h1-25H. The Bertz CT molecular complexity index is 1830. The summed E-state index contributed by atoms with van der Waals surface area (Å²) in [6.07, 6.45) is 3.83. The van der Waals surface area contributed by atoms with Crippen LogP contribution in [0.3, 0.4) is 0 Å². The zero-order chi connectivity index (χ0) is 26.0. The van der Waals surface area contributed by atoms with E-state index in [9.17, 15) is 0 Å². The van der Waals surface area contributed by atoms with Crippen molar-refractivity contribution >= 4 is 29.7 Å². The van der Waals surface area contributed by atoms with Gasteiger partial charge in [-0.25, -0.2) is 0 Å². The predicted octanol–water partition coefficient (Wildman–Crippen LogP) is 9.13. The summed E-state index contributed by atoms with van der Waals surface area (Å²) in [5.41, 5.74) is 6.36. The minimum Gasteiger partial charge on any atom is -0.283 e. The van der Waals surface area contributed by atoms with Crippen molar-refractivity contribution in [3.8, 4) is 28.1 Å². The quantitative estimate of drug-likeness (QED) is 0.232. The lowest BCUT2D eigenvalue weighted by atomic mass is 10.1. The van der Waals surface area contributed by atoms with Gasteiger partial charge in [-0.05, 0) is 60.7 Å². The molecule has 4 nitrogen and oxygen atoms in total. The molecule has 0 saturated heterocycles. The SMILES string of the molecule is c1ccc(-n2c3ccccc3c3ccccc3n(-c3ccccc3)p2-c2ccc(-c3ccccn3)nc2)cc1. The van der Waals surface area contributed by atoms with Gasteiger partial charge in [-0.1, -0.05) is 78.9 Å². The van der Waals surface area contributed by atoms with Gasteiger partial charge in [0.1, 0.15) is 0 Å². The Balaban J connectivity index is 1.68. The lowest BCUT2D eigenvalue weighted by Crippen LogP contribution is -2.00. The predicted molar refractivity (Wildman–Crippen MR) is 163 cm³/mol. The van der Waals surface area contributed by atoms with E-state index >= 15 is 0 Å². The molecule has 5 heteroatoms. The van der Waals surface area contributed by atoms with Gasteiger partial charge in [0.2, 0.25) is 0 Å². The van der Waals surface area contributed by atoms with Gasteiger partial charge in [-0.15, -0.1) is 0 Å². The minimum atomic E-state index is -1.14. The molecule has 186 valence electrons. The molecule has 0 aliphatic heterocycles. The number of rotatable bonds is 4. The van der Waals surface area contributed by atoms with Crippen LogP contribution in [0.25, 0.3) is 49.9 Å². The molecule has 0 radical (unpaired) electrons. The molecule has 7 rings (SSSR count). The first kappa shape index (κ1) is 23.2. The van der Waals surface area contributed by atoms with Crippen molar-refractivity contribution in [2.24, 2.45) is 0 Å². The first-order valence-electron chi connectivity index (χ1n) is 12.9. The number of hydrogen-bond acceptors (Lipinski definition) is 2. The molecule has 4 aromatic carbocycles. The average molecular weight is 521 g/mol. The second-order valence-electron chi connectivity index (χ2n) is 9.24. The van der Waals surface area contributed by atoms with Crippen LogP contribution in [0, 0.1) is 0 Å². The molecule has 3 aromatic heterocycles. The molecule has 7 aromatic rings. The Morgan fingerprint density at radius 1 is 0.436 bits per heavy atom. The van der Waals surface area contributed by atoms with Crippen molar-refractivity contribution in [1.29, 1.82) is 0 Å². The maximum absolute atomic E-state index is 4.92. The highest BCUT2D eigenvalue weighted by atomic mass is 31.1. The normalized spacial score (nSPS) is 11.1. The topological polar surface area (TPSA) is 35.6 Å². The summed E-state index contributed by atoms with van der Waals surface area (Å²) in [7, 11) is -1.14. The number of hydrogen-bond donors (Lipinski definition) is 0. The maximum Gasteiger partial charge on any atom is 0.0886 e. The molecule has 0 N–H and O–H groups in total. The summed E-state index contributed by atoms with van der Waals surface area (Å²) in [6, 6.07) is 49.0. The second-order valence-corrected chi connectivity index (χ2v) is 11.1. The van der Waals surface area contributed by atoms with E-state index in [1.807, 2.05) is 30.6 Å². The van der Waals surface area contributed by atoms with Crippen LogP contribution in [-0.2, 0) is 0 Å². The maximum atomic E-state index is 4.92. The van der Waals surface area contributed by atoms with E-state index in [1.165, 1.54) is 21.8 Å². The molecule has 0 saturated carbocycles. The Morgan fingerprint density at radius 2 is 0.949 bits per heavy atom. The van der Waals surface area contributed by atoms with E-state index in [2.05, 4.69) is 135 Å². The molecule has 0 unspecified atom stereocenters. The lowest BCUT2D eigenvalue weighted by molar-refractivity contribution is 1.18. The van der Waals surface area contributed by atoms with E-state index in [0.29, 0.717) is 0 Å². The monoisotopic (exact) mass is 520 g/mol. The molecule has 0 aliphatic rings. The number of pyridine rings is 2. The van der Waals surface area contributed by atoms with Crippen molar-refractivity contribution in [3.05, 3.63) is 152 Å². The second kappa shape index (κ2) is 10.1. The zero-order valence-corrected chi connectivity index (χ0v) is 22.1. The van der Waals surface area contributed by atoms with Crippen LogP contribution in [-0.4, -0.2) is 18.6 Å². The van der Waals surface area contributed by atoms with Crippen LogP contribution in [0.4, 0.5) is 0 Å². The third kappa shape index (κ3) is 4.21. The Kier molecular flexibility index (Phi) is 6.01. The fraction of sp³-hybridized carbons (Fsp3) is 0. The third-order valence-corrected chi connectivity index (χ3v) is 9.22. The molecular formula is C34H25N4P. The molecule has 0 bridgehead atoms. The number of fused-ring (bicyclic) bond motifs is 3. The highest BCUT2D eigenvalue weighted by Crippen LogP contribution is 2.46. The summed E-state index contributed by atoms with van der Waals surface area (Å²) < 4.78 is 4.99. The van der Waals surface area contributed by atoms with Crippen molar-refractivity contribution in [2.75, 3.05) is 0 Å². The summed E-state index contributed by atoms with van der Waals surface area (Å²) in [5.74, 6) is 0. The molecule has 0 fully saturated rings. The van der Waals surface area contributed by atoms with E-state index < -0.39 is 7.85 Å².